The van der Waals surface area contributed by atoms with E-state index in [2.05, 4.69) is 26.6 Å². The molecule has 0 saturated carbocycles. The largest absolute Gasteiger partial charge is 0.490 e. The van der Waals surface area contributed by atoms with E-state index in [1.54, 1.807) is 6.20 Å². The number of carbonyl (C=O) groups excluding carboxylic acids is 2. The summed E-state index contributed by atoms with van der Waals surface area (Å²) in [7, 11) is 0. The van der Waals surface area contributed by atoms with Gasteiger partial charge in [0.2, 0.25) is 5.91 Å². The highest BCUT2D eigenvalue weighted by atomic mass is 19.4. The second-order valence-electron chi connectivity index (χ2n) is 8.35. The van der Waals surface area contributed by atoms with E-state index >= 15 is 0 Å². The van der Waals surface area contributed by atoms with Crippen LogP contribution in [0.15, 0.2) is 24.5 Å². The highest BCUT2D eigenvalue weighted by molar-refractivity contribution is 5.80. The standard InChI is InChI=1S/C18H27N5O2.C2HF3O2/c1-14(2)21-17(25)23-7-6-22(10-15-4-3-5-19-9-15)12-18(13-23)8-16(24)20-11-18;3-2(4,5)1(6)7/h3-5,9,14H,6-8,10-13H2,1-2H3,(H,20,24)(H,21,25);(H,6,7). The van der Waals surface area contributed by atoms with Gasteiger partial charge in [0.25, 0.3) is 0 Å². The molecule has 3 N–H and O–H groups in total. The van der Waals surface area contributed by atoms with Crippen molar-refractivity contribution >= 4 is 17.9 Å². The van der Waals surface area contributed by atoms with Crippen LogP contribution >= 0.6 is 0 Å². The average Bonchev–Trinajstić information content (AvgIpc) is 2.94. The molecule has 0 bridgehead atoms. The first-order chi connectivity index (χ1) is 14.9. The summed E-state index contributed by atoms with van der Waals surface area (Å²) in [4.78, 5) is 41.7. The van der Waals surface area contributed by atoms with Gasteiger partial charge in [-0.2, -0.15) is 13.2 Å². The molecule has 32 heavy (non-hydrogen) atoms. The van der Waals surface area contributed by atoms with E-state index in [0.717, 1.165) is 25.2 Å². The molecule has 12 heteroatoms. The van der Waals surface area contributed by atoms with E-state index in [9.17, 15) is 22.8 Å². The first-order valence-corrected chi connectivity index (χ1v) is 10.1. The number of aromatic nitrogens is 1. The molecule has 1 unspecified atom stereocenters. The van der Waals surface area contributed by atoms with Gasteiger partial charge in [0.05, 0.1) is 0 Å². The molecule has 1 atom stereocenters. The van der Waals surface area contributed by atoms with Gasteiger partial charge in [-0.25, -0.2) is 9.59 Å². The number of carbonyl (C=O) groups is 3. The lowest BCUT2D eigenvalue weighted by Crippen LogP contribution is -2.48. The summed E-state index contributed by atoms with van der Waals surface area (Å²) in [5.41, 5.74) is 0.930. The predicted octanol–water partition coefficient (Wildman–Crippen LogP) is 1.46. The minimum atomic E-state index is -5.08. The van der Waals surface area contributed by atoms with Crippen molar-refractivity contribution in [2.24, 2.45) is 5.41 Å². The smallest absolute Gasteiger partial charge is 0.475 e. The number of carboxylic acids is 1. The van der Waals surface area contributed by atoms with Gasteiger partial charge in [-0.1, -0.05) is 6.07 Å². The average molecular weight is 459 g/mol. The number of carboxylic acid groups (broad SMARTS) is 1. The van der Waals surface area contributed by atoms with Crippen LogP contribution < -0.4 is 10.6 Å². The third kappa shape index (κ3) is 7.66. The number of hydrogen-bond acceptors (Lipinski definition) is 5. The van der Waals surface area contributed by atoms with Crippen molar-refractivity contribution in [3.63, 3.8) is 0 Å². The Bertz CT molecular complexity index is 806. The molecule has 9 nitrogen and oxygen atoms in total. The second-order valence-corrected chi connectivity index (χ2v) is 8.35. The monoisotopic (exact) mass is 459 g/mol. The van der Waals surface area contributed by atoms with Gasteiger partial charge in [-0.3, -0.25) is 14.7 Å². The van der Waals surface area contributed by atoms with Crippen molar-refractivity contribution in [1.29, 1.82) is 0 Å². The molecule has 2 fully saturated rings. The summed E-state index contributed by atoms with van der Waals surface area (Å²) in [5, 5.41) is 13.1. The molecule has 3 heterocycles. The molecule has 0 radical (unpaired) electrons. The Labute approximate surface area is 184 Å². The number of halogens is 3. The molecule has 0 aliphatic carbocycles. The lowest BCUT2D eigenvalue weighted by Gasteiger charge is -2.33. The van der Waals surface area contributed by atoms with Crippen molar-refractivity contribution in [2.45, 2.75) is 39.0 Å². The van der Waals surface area contributed by atoms with Crippen LogP contribution in [0.4, 0.5) is 18.0 Å². The summed E-state index contributed by atoms with van der Waals surface area (Å²) in [5.74, 6) is -2.68. The highest BCUT2D eigenvalue weighted by Crippen LogP contribution is 2.31. The van der Waals surface area contributed by atoms with Gasteiger partial charge in [0, 0.05) is 69.5 Å². The Morgan fingerprint density at radius 3 is 2.50 bits per heavy atom. The minimum absolute atomic E-state index is 0.0445. The van der Waals surface area contributed by atoms with Gasteiger partial charge in [0.15, 0.2) is 0 Å². The van der Waals surface area contributed by atoms with Crippen LogP contribution in [0.3, 0.4) is 0 Å². The van der Waals surface area contributed by atoms with E-state index in [1.807, 2.05) is 31.0 Å². The van der Waals surface area contributed by atoms with Crippen molar-refractivity contribution in [2.75, 3.05) is 32.7 Å². The second kappa shape index (κ2) is 10.6. The van der Waals surface area contributed by atoms with Crippen LogP contribution in [0.5, 0.6) is 0 Å². The quantitative estimate of drug-likeness (QED) is 0.631. The molecule has 2 aliphatic heterocycles. The summed E-state index contributed by atoms with van der Waals surface area (Å²) in [6, 6.07) is 4.05. The molecule has 178 valence electrons. The number of alkyl halides is 3. The summed E-state index contributed by atoms with van der Waals surface area (Å²) in [6.45, 7) is 8.18. The first kappa shape index (κ1) is 25.4. The number of rotatable bonds is 3. The maximum atomic E-state index is 12.5. The number of hydrogen-bond donors (Lipinski definition) is 3. The molecule has 1 aromatic rings. The Morgan fingerprint density at radius 1 is 1.31 bits per heavy atom. The number of nitrogens with zero attached hydrogens (tertiary/aromatic N) is 3. The van der Waals surface area contributed by atoms with E-state index in [4.69, 9.17) is 9.90 Å². The zero-order chi connectivity index (χ0) is 23.9. The molecule has 2 saturated heterocycles. The molecular weight excluding hydrogens is 431 g/mol. The van der Waals surface area contributed by atoms with Crippen LogP contribution in [0.2, 0.25) is 0 Å². The summed E-state index contributed by atoms with van der Waals surface area (Å²) in [6.07, 6.45) is -0.966. The Morgan fingerprint density at radius 2 is 2.00 bits per heavy atom. The Balaban J connectivity index is 0.000000451. The highest BCUT2D eigenvalue weighted by Gasteiger charge is 2.44. The van der Waals surface area contributed by atoms with Crippen LogP contribution in [0.25, 0.3) is 0 Å². The maximum Gasteiger partial charge on any atom is 0.490 e. The molecule has 0 aromatic carbocycles. The Kier molecular flexibility index (Phi) is 8.42. The fraction of sp³-hybridized carbons (Fsp3) is 0.600. The number of aliphatic carboxylic acids is 1. The van der Waals surface area contributed by atoms with Gasteiger partial charge in [0.1, 0.15) is 0 Å². The predicted molar refractivity (Wildman–Crippen MR) is 109 cm³/mol. The van der Waals surface area contributed by atoms with Gasteiger partial charge in [-0.05, 0) is 25.5 Å². The SMILES string of the molecule is CC(C)NC(=O)N1CCN(Cc2cccnc2)CC2(CNC(=O)C2)C1.O=C(O)C(F)(F)F. The fourth-order valence-corrected chi connectivity index (χ4v) is 3.72. The van der Waals surface area contributed by atoms with Crippen molar-refractivity contribution < 1.29 is 32.7 Å². The third-order valence-corrected chi connectivity index (χ3v) is 5.04. The first-order valence-electron chi connectivity index (χ1n) is 10.1. The van der Waals surface area contributed by atoms with Crippen molar-refractivity contribution in [3.8, 4) is 0 Å². The van der Waals surface area contributed by atoms with Crippen LogP contribution in [0, 0.1) is 5.41 Å². The zero-order valence-electron chi connectivity index (χ0n) is 18.0. The summed E-state index contributed by atoms with van der Waals surface area (Å²) >= 11 is 0. The van der Waals surface area contributed by atoms with Crippen LogP contribution in [-0.4, -0.2) is 82.7 Å². The molecule has 1 spiro atoms. The molecule has 3 rings (SSSR count). The normalized spacial score (nSPS) is 21.6. The van der Waals surface area contributed by atoms with E-state index in [0.29, 0.717) is 26.1 Å². The molecule has 1 aromatic heterocycles. The topological polar surface area (TPSA) is 115 Å². The lowest BCUT2D eigenvalue weighted by molar-refractivity contribution is -0.192. The van der Waals surface area contributed by atoms with E-state index in [1.165, 1.54) is 0 Å². The number of pyridine rings is 1. The van der Waals surface area contributed by atoms with Crippen molar-refractivity contribution in [1.82, 2.24) is 25.4 Å². The third-order valence-electron chi connectivity index (χ3n) is 5.04. The fourth-order valence-electron chi connectivity index (χ4n) is 3.72. The van der Waals surface area contributed by atoms with E-state index in [-0.39, 0.29) is 23.4 Å². The minimum Gasteiger partial charge on any atom is -0.475 e. The van der Waals surface area contributed by atoms with Gasteiger partial charge >= 0.3 is 18.2 Å². The van der Waals surface area contributed by atoms with Gasteiger partial charge in [-0.15, -0.1) is 0 Å². The number of urea groups is 1. The number of amides is 3. The molecule has 2 aliphatic rings. The van der Waals surface area contributed by atoms with E-state index < -0.39 is 12.1 Å². The molecular formula is C20H28F3N5O4. The summed E-state index contributed by atoms with van der Waals surface area (Å²) < 4.78 is 31.7. The Hall–Kier alpha value is -2.89. The maximum absolute atomic E-state index is 12.5. The van der Waals surface area contributed by atoms with Gasteiger partial charge < -0.3 is 20.6 Å². The van der Waals surface area contributed by atoms with Crippen LogP contribution in [-0.2, 0) is 16.1 Å². The van der Waals surface area contributed by atoms with Crippen molar-refractivity contribution in [3.05, 3.63) is 30.1 Å². The van der Waals surface area contributed by atoms with Crippen LogP contribution in [0.1, 0.15) is 25.8 Å². The lowest BCUT2D eigenvalue weighted by atomic mass is 9.86. The molecule has 3 amide bonds. The zero-order valence-corrected chi connectivity index (χ0v) is 18.0. The number of nitrogens with one attached hydrogen (secondary N) is 2.